The summed E-state index contributed by atoms with van der Waals surface area (Å²) >= 11 is 0. The summed E-state index contributed by atoms with van der Waals surface area (Å²) < 4.78 is 66.4. The number of ether oxygens (including phenoxy) is 1. The van der Waals surface area contributed by atoms with Crippen molar-refractivity contribution in [1.82, 2.24) is 20.2 Å². The van der Waals surface area contributed by atoms with Crippen molar-refractivity contribution in [2.45, 2.75) is 64.1 Å². The van der Waals surface area contributed by atoms with Gasteiger partial charge in [0.2, 0.25) is 5.88 Å². The van der Waals surface area contributed by atoms with Gasteiger partial charge in [-0.1, -0.05) is 0 Å². The van der Waals surface area contributed by atoms with E-state index in [-0.39, 0.29) is 47.0 Å². The Hall–Kier alpha value is -4.67. The van der Waals surface area contributed by atoms with E-state index in [9.17, 15) is 37.1 Å². The molecule has 0 aliphatic carbocycles. The number of piperidine rings is 1. The lowest BCUT2D eigenvalue weighted by Gasteiger charge is -2.40. The first-order chi connectivity index (χ1) is 22.1. The molecule has 2 aliphatic heterocycles. The number of halogens is 4. The second-order valence-corrected chi connectivity index (χ2v) is 12.6. The number of pyridine rings is 2. The predicted molar refractivity (Wildman–Crippen MR) is 162 cm³/mol. The number of hydrogen-bond acceptors (Lipinski definition) is 9. The van der Waals surface area contributed by atoms with Crippen molar-refractivity contribution in [3.05, 3.63) is 41.9 Å². The summed E-state index contributed by atoms with van der Waals surface area (Å²) in [7, 11) is 0. The Bertz CT molecular complexity index is 1640. The van der Waals surface area contributed by atoms with Crippen molar-refractivity contribution in [2.75, 3.05) is 41.7 Å². The maximum absolute atomic E-state index is 13.9. The first kappa shape index (κ1) is 33.7. The normalized spacial score (nSPS) is 20.7. The average molecular weight is 666 g/mol. The SMILES string of the molecule is CC(C)(C)OC(=O)Nc1oc2cc(CN3CC[C@@H](F)C3)cnc2c1C(=O)Nc1cnccc1N1C[C@@H](NC(=O)O)C[C@@H](C(F)(F)F)C1. The van der Waals surface area contributed by atoms with E-state index in [0.717, 1.165) is 0 Å². The van der Waals surface area contributed by atoms with Crippen molar-refractivity contribution in [3.8, 4) is 0 Å². The molecule has 13 nitrogen and oxygen atoms in total. The smallest absolute Gasteiger partial charge is 0.414 e. The summed E-state index contributed by atoms with van der Waals surface area (Å²) in [5.41, 5.74) is 0.0312. The van der Waals surface area contributed by atoms with Crippen LogP contribution in [0, 0.1) is 5.92 Å². The van der Waals surface area contributed by atoms with Crippen LogP contribution in [-0.4, -0.2) is 88.2 Å². The van der Waals surface area contributed by atoms with Crippen LogP contribution in [0.2, 0.25) is 0 Å². The molecule has 3 amide bonds. The number of aromatic nitrogens is 2. The predicted octanol–water partition coefficient (Wildman–Crippen LogP) is 5.39. The molecule has 2 saturated heterocycles. The van der Waals surface area contributed by atoms with Crippen LogP contribution in [0.15, 0.2) is 35.1 Å². The standard InChI is InChI=1S/C30H35F4N7O6/c1-29(2,3)47-28(45)39-26-23(24-22(46-26)8-16(10-36-24)12-40-7-5-18(31)14-40)25(42)38-20-11-35-6-4-21(20)41-13-17(30(32,33)34)9-19(15-41)37-27(43)44/h4,6,8,10-11,17-19,37H,5,7,9,12-15H2,1-3H3,(H,38,42)(H,39,45)(H,43,44)/t17-,18-,19+/m1/s1. The van der Waals surface area contributed by atoms with Crippen LogP contribution in [0.5, 0.6) is 0 Å². The number of carbonyl (C=O) groups is 3. The number of nitrogens with one attached hydrogen (secondary N) is 3. The second-order valence-electron chi connectivity index (χ2n) is 12.6. The van der Waals surface area contributed by atoms with E-state index in [1.54, 1.807) is 26.8 Å². The molecule has 5 rings (SSSR count). The maximum Gasteiger partial charge on any atom is 0.414 e. The monoisotopic (exact) mass is 665 g/mol. The molecule has 3 atom stereocenters. The Labute approximate surface area is 266 Å². The molecule has 0 radical (unpaired) electrons. The zero-order valence-electron chi connectivity index (χ0n) is 25.9. The summed E-state index contributed by atoms with van der Waals surface area (Å²) in [5.74, 6) is -2.96. The number of anilines is 3. The minimum absolute atomic E-state index is 0.0263. The van der Waals surface area contributed by atoms with Crippen molar-refractivity contribution >= 4 is 46.5 Å². The van der Waals surface area contributed by atoms with Crippen molar-refractivity contribution in [1.29, 1.82) is 0 Å². The number of alkyl halides is 4. The van der Waals surface area contributed by atoms with Gasteiger partial charge < -0.3 is 29.8 Å². The van der Waals surface area contributed by atoms with Crippen LogP contribution in [0.3, 0.4) is 0 Å². The summed E-state index contributed by atoms with van der Waals surface area (Å²) in [6.45, 7) is 5.58. The third kappa shape index (κ3) is 8.38. The van der Waals surface area contributed by atoms with Gasteiger partial charge in [0.25, 0.3) is 5.91 Å². The molecule has 2 aliphatic rings. The van der Waals surface area contributed by atoms with Gasteiger partial charge in [0.1, 0.15) is 22.9 Å². The molecule has 0 spiro atoms. The Morgan fingerprint density at radius 3 is 2.55 bits per heavy atom. The molecule has 4 N–H and O–H groups in total. The molecule has 5 heterocycles. The van der Waals surface area contributed by atoms with Crippen LogP contribution < -0.4 is 20.9 Å². The van der Waals surface area contributed by atoms with E-state index in [0.29, 0.717) is 25.1 Å². The molecule has 0 saturated carbocycles. The number of furan rings is 1. The highest BCUT2D eigenvalue weighted by atomic mass is 19.4. The molecular weight excluding hydrogens is 630 g/mol. The molecule has 2 fully saturated rings. The van der Waals surface area contributed by atoms with Gasteiger partial charge in [-0.25, -0.2) is 14.0 Å². The molecule has 0 unspecified atom stereocenters. The first-order valence-electron chi connectivity index (χ1n) is 14.9. The number of rotatable bonds is 7. The van der Waals surface area contributed by atoms with E-state index in [1.807, 2.05) is 4.90 Å². The minimum Gasteiger partial charge on any atom is -0.465 e. The molecular formula is C30H35F4N7O6. The molecule has 17 heteroatoms. The molecule has 3 aromatic heterocycles. The summed E-state index contributed by atoms with van der Waals surface area (Å²) in [5, 5.41) is 16.4. The van der Waals surface area contributed by atoms with E-state index >= 15 is 0 Å². The number of amides is 3. The van der Waals surface area contributed by atoms with Crippen LogP contribution in [-0.2, 0) is 11.3 Å². The number of carbonyl (C=O) groups excluding carboxylic acids is 2. The van der Waals surface area contributed by atoms with Gasteiger partial charge in [-0.3, -0.25) is 25.0 Å². The van der Waals surface area contributed by atoms with Gasteiger partial charge in [0.15, 0.2) is 5.58 Å². The van der Waals surface area contributed by atoms with Gasteiger partial charge in [-0.15, -0.1) is 0 Å². The highest BCUT2D eigenvalue weighted by Gasteiger charge is 2.45. The number of hydrogen-bond donors (Lipinski definition) is 4. The van der Waals surface area contributed by atoms with Crippen LogP contribution in [0.1, 0.15) is 49.5 Å². The molecule has 0 bridgehead atoms. The fourth-order valence-electron chi connectivity index (χ4n) is 5.74. The van der Waals surface area contributed by atoms with Gasteiger partial charge >= 0.3 is 18.4 Å². The first-order valence-corrected chi connectivity index (χ1v) is 14.9. The highest BCUT2D eigenvalue weighted by molar-refractivity contribution is 6.16. The van der Waals surface area contributed by atoms with Gasteiger partial charge in [-0.2, -0.15) is 13.2 Å². The lowest BCUT2D eigenvalue weighted by atomic mass is 9.93. The Morgan fingerprint density at radius 2 is 1.89 bits per heavy atom. The second kappa shape index (κ2) is 13.2. The van der Waals surface area contributed by atoms with Crippen LogP contribution in [0.25, 0.3) is 11.1 Å². The van der Waals surface area contributed by atoms with E-state index in [4.69, 9.17) is 9.15 Å². The fraction of sp³-hybridized carbons (Fsp3) is 0.500. The minimum atomic E-state index is -4.60. The lowest BCUT2D eigenvalue weighted by Crippen LogP contribution is -2.53. The van der Waals surface area contributed by atoms with E-state index in [2.05, 4.69) is 25.9 Å². The van der Waals surface area contributed by atoms with E-state index < -0.39 is 61.0 Å². The highest BCUT2D eigenvalue weighted by Crippen LogP contribution is 2.38. The van der Waals surface area contributed by atoms with Crippen molar-refractivity contribution in [3.63, 3.8) is 0 Å². The van der Waals surface area contributed by atoms with Gasteiger partial charge in [-0.05, 0) is 51.3 Å². The third-order valence-electron chi connectivity index (χ3n) is 7.68. The number of fused-ring (bicyclic) bond motifs is 1. The number of likely N-dealkylation sites (tertiary alicyclic amines) is 1. The molecule has 254 valence electrons. The molecule has 0 aromatic carbocycles. The van der Waals surface area contributed by atoms with Gasteiger partial charge in [0, 0.05) is 45.1 Å². The zero-order valence-corrected chi connectivity index (χ0v) is 25.9. The summed E-state index contributed by atoms with van der Waals surface area (Å²) in [4.78, 5) is 49.5. The van der Waals surface area contributed by atoms with Crippen LogP contribution >= 0.6 is 0 Å². The Morgan fingerprint density at radius 1 is 1.13 bits per heavy atom. The summed E-state index contributed by atoms with van der Waals surface area (Å²) in [6, 6.07) is 1.99. The third-order valence-corrected chi connectivity index (χ3v) is 7.68. The lowest BCUT2D eigenvalue weighted by molar-refractivity contribution is -0.177. The Balaban J connectivity index is 1.46. The van der Waals surface area contributed by atoms with Crippen molar-refractivity contribution in [2.24, 2.45) is 5.92 Å². The molecule has 3 aromatic rings. The fourth-order valence-corrected chi connectivity index (χ4v) is 5.74. The summed E-state index contributed by atoms with van der Waals surface area (Å²) in [6.07, 6.45) is -3.83. The quantitative estimate of drug-likeness (QED) is 0.241. The molecule has 47 heavy (non-hydrogen) atoms. The largest absolute Gasteiger partial charge is 0.465 e. The number of nitrogens with zero attached hydrogens (tertiary/aromatic N) is 4. The van der Waals surface area contributed by atoms with Crippen LogP contribution in [0.4, 0.5) is 44.4 Å². The van der Waals surface area contributed by atoms with Crippen molar-refractivity contribution < 1.29 is 46.2 Å². The Kier molecular flexibility index (Phi) is 9.47. The average Bonchev–Trinajstić information content (AvgIpc) is 3.53. The van der Waals surface area contributed by atoms with Gasteiger partial charge in [0.05, 0.1) is 29.5 Å². The topological polar surface area (TPSA) is 162 Å². The maximum atomic E-state index is 13.9. The van der Waals surface area contributed by atoms with E-state index in [1.165, 1.54) is 29.6 Å². The zero-order chi connectivity index (χ0) is 34.1. The number of carboxylic acid groups (broad SMARTS) is 1.